The number of esters is 1. The van der Waals surface area contributed by atoms with Gasteiger partial charge < -0.3 is 33.9 Å². The van der Waals surface area contributed by atoms with Crippen molar-refractivity contribution < 1.29 is 42.1 Å². The highest BCUT2D eigenvalue weighted by molar-refractivity contribution is 5.71. The quantitative estimate of drug-likeness (QED) is 0.294. The molecule has 41 heavy (non-hydrogen) atoms. The van der Waals surface area contributed by atoms with E-state index in [2.05, 4.69) is 0 Å². The van der Waals surface area contributed by atoms with Crippen LogP contribution in [0.4, 0.5) is 23.7 Å². The molecule has 0 aromatic heterocycles. The third-order valence-electron chi connectivity index (χ3n) is 6.46. The Kier molecular flexibility index (Phi) is 10.9. The number of rotatable bonds is 11. The van der Waals surface area contributed by atoms with E-state index < -0.39 is 29.4 Å². The van der Waals surface area contributed by atoms with Gasteiger partial charge in [0.2, 0.25) is 0 Å². The van der Waals surface area contributed by atoms with Gasteiger partial charge in [0.25, 0.3) is 0 Å². The second-order valence-corrected chi connectivity index (χ2v) is 10.8. The van der Waals surface area contributed by atoms with Crippen LogP contribution >= 0.6 is 0 Å². The van der Waals surface area contributed by atoms with Gasteiger partial charge in [-0.05, 0) is 56.2 Å². The van der Waals surface area contributed by atoms with Crippen LogP contribution in [0.1, 0.15) is 37.5 Å². The lowest BCUT2D eigenvalue weighted by molar-refractivity contribution is -0.266. The van der Waals surface area contributed by atoms with Crippen LogP contribution in [0.2, 0.25) is 0 Å². The summed E-state index contributed by atoms with van der Waals surface area (Å²) in [6.45, 7) is 7.16. The summed E-state index contributed by atoms with van der Waals surface area (Å²) in [5, 5.41) is 11.2. The second-order valence-electron chi connectivity index (χ2n) is 10.8. The fourth-order valence-corrected chi connectivity index (χ4v) is 4.43. The molecule has 1 amide bonds. The Hall–Kier alpha value is -3.51. The number of methoxy groups -OCH3 is 1. The number of carbonyl (C=O) groups excluding carboxylic acids is 2. The van der Waals surface area contributed by atoms with Gasteiger partial charge in [-0.25, -0.2) is 4.79 Å². The van der Waals surface area contributed by atoms with Crippen molar-refractivity contribution >= 4 is 17.7 Å². The summed E-state index contributed by atoms with van der Waals surface area (Å²) in [4.78, 5) is 28.2. The molecule has 1 saturated heterocycles. The number of piperazine rings is 1. The van der Waals surface area contributed by atoms with Gasteiger partial charge in [-0.2, -0.15) is 13.2 Å². The van der Waals surface area contributed by atoms with Crippen molar-refractivity contribution in [3.63, 3.8) is 0 Å². The summed E-state index contributed by atoms with van der Waals surface area (Å²) in [6, 6.07) is 10.9. The lowest BCUT2D eigenvalue weighted by Crippen LogP contribution is -2.52. The Bertz CT molecular complexity index is 1160. The number of amides is 1. The van der Waals surface area contributed by atoms with Crippen molar-refractivity contribution in [1.82, 2.24) is 9.80 Å². The summed E-state index contributed by atoms with van der Waals surface area (Å²) < 4.78 is 57.4. The molecule has 0 aliphatic carbocycles. The normalized spacial score (nSPS) is 14.6. The molecule has 0 unspecified atom stereocenters. The van der Waals surface area contributed by atoms with Crippen molar-refractivity contribution in [3.05, 3.63) is 59.2 Å². The fraction of sp³-hybridized carbons (Fsp3) is 0.517. The first-order valence-electron chi connectivity index (χ1n) is 13.3. The minimum Gasteiger partial charge on any atom is -0.530 e. The zero-order chi connectivity index (χ0) is 30.2. The van der Waals surface area contributed by atoms with Crippen LogP contribution in [0.3, 0.4) is 0 Å². The summed E-state index contributed by atoms with van der Waals surface area (Å²) in [6.07, 6.45) is -5.79. The standard InChI is InChI=1S/C29H38F3N3O6/c1-28(2,3)41-26(36)20-40-16-15-35(18-21-5-9-24(39-4)10-6-21)25-17-23(29(30,31)32)8-7-22(25)19-33-11-13-34(14-12-33)27(37)38/h5-10,17H,11-16,18-20H2,1-4H3,(H,37,38)/p-1. The van der Waals surface area contributed by atoms with Crippen molar-refractivity contribution in [2.24, 2.45) is 0 Å². The molecule has 0 saturated carbocycles. The Balaban J connectivity index is 1.86. The maximum Gasteiger partial charge on any atom is 0.416 e. The average Bonchev–Trinajstić information content (AvgIpc) is 2.90. The number of anilines is 1. The largest absolute Gasteiger partial charge is 0.530 e. The van der Waals surface area contributed by atoms with E-state index >= 15 is 0 Å². The average molecular weight is 581 g/mol. The molecule has 1 aliphatic rings. The molecule has 1 fully saturated rings. The minimum atomic E-state index is -4.55. The third-order valence-corrected chi connectivity index (χ3v) is 6.46. The Morgan fingerprint density at radius 1 is 1.00 bits per heavy atom. The Labute approximate surface area is 238 Å². The number of nitrogens with zero attached hydrogens (tertiary/aromatic N) is 3. The van der Waals surface area contributed by atoms with E-state index in [0.29, 0.717) is 36.6 Å². The highest BCUT2D eigenvalue weighted by Gasteiger charge is 2.32. The molecule has 0 N–H and O–H groups in total. The predicted molar refractivity (Wildman–Crippen MR) is 144 cm³/mol. The van der Waals surface area contributed by atoms with Crippen LogP contribution < -0.4 is 14.7 Å². The molecule has 226 valence electrons. The van der Waals surface area contributed by atoms with Crippen LogP contribution in [-0.2, 0) is 33.5 Å². The van der Waals surface area contributed by atoms with Crippen LogP contribution in [0.15, 0.2) is 42.5 Å². The Morgan fingerprint density at radius 2 is 1.66 bits per heavy atom. The second kappa shape index (κ2) is 13.9. The number of alkyl halides is 3. The molecule has 0 atom stereocenters. The SMILES string of the molecule is COc1ccc(CN(CCOCC(=O)OC(C)(C)C)c2cc(C(F)(F)F)ccc2CN2CCN(C(=O)[O-])CC2)cc1. The van der Waals surface area contributed by atoms with E-state index in [-0.39, 0.29) is 39.4 Å². The molecule has 1 heterocycles. The van der Waals surface area contributed by atoms with Crippen molar-refractivity contribution in [2.75, 3.05) is 57.9 Å². The van der Waals surface area contributed by atoms with Crippen molar-refractivity contribution in [2.45, 2.75) is 45.6 Å². The van der Waals surface area contributed by atoms with E-state index in [1.807, 2.05) is 17.0 Å². The molecule has 0 bridgehead atoms. The molecule has 1 aliphatic heterocycles. The number of carboxylic acid groups (broad SMARTS) is 1. The van der Waals surface area contributed by atoms with E-state index in [0.717, 1.165) is 17.7 Å². The minimum absolute atomic E-state index is 0.0649. The zero-order valence-electron chi connectivity index (χ0n) is 23.8. The van der Waals surface area contributed by atoms with Gasteiger partial charge in [-0.3, -0.25) is 4.90 Å². The topological polar surface area (TPSA) is 94.6 Å². The third kappa shape index (κ3) is 10.1. The predicted octanol–water partition coefficient (Wildman–Crippen LogP) is 3.54. The van der Waals surface area contributed by atoms with E-state index in [1.165, 1.54) is 11.0 Å². The first-order valence-corrected chi connectivity index (χ1v) is 13.3. The van der Waals surface area contributed by atoms with Gasteiger partial charge in [0.1, 0.15) is 24.1 Å². The lowest BCUT2D eigenvalue weighted by atomic mass is 10.0. The fourth-order valence-electron chi connectivity index (χ4n) is 4.43. The van der Waals surface area contributed by atoms with Gasteiger partial charge in [0.05, 0.1) is 19.3 Å². The number of carbonyl (C=O) groups is 2. The number of hydrogen-bond acceptors (Lipinski definition) is 8. The van der Waals surface area contributed by atoms with E-state index in [9.17, 15) is 27.9 Å². The number of benzene rings is 2. The van der Waals surface area contributed by atoms with Gasteiger partial charge in [-0.15, -0.1) is 0 Å². The molecule has 12 heteroatoms. The lowest BCUT2D eigenvalue weighted by Gasteiger charge is -2.37. The summed E-state index contributed by atoms with van der Waals surface area (Å²) >= 11 is 0. The summed E-state index contributed by atoms with van der Waals surface area (Å²) in [7, 11) is 1.55. The molecule has 3 rings (SSSR count). The summed E-state index contributed by atoms with van der Waals surface area (Å²) in [5.41, 5.74) is 0.413. The molecule has 2 aromatic rings. The van der Waals surface area contributed by atoms with Crippen molar-refractivity contribution in [1.29, 1.82) is 0 Å². The van der Waals surface area contributed by atoms with E-state index in [4.69, 9.17) is 14.2 Å². The van der Waals surface area contributed by atoms with Gasteiger partial charge >= 0.3 is 12.1 Å². The molecular formula is C29H37F3N3O6-. The maximum atomic E-state index is 13.8. The monoisotopic (exact) mass is 580 g/mol. The number of halogens is 3. The van der Waals surface area contributed by atoms with Gasteiger partial charge in [0, 0.05) is 51.5 Å². The first-order chi connectivity index (χ1) is 19.2. The molecule has 0 radical (unpaired) electrons. The number of ether oxygens (including phenoxy) is 3. The molecular weight excluding hydrogens is 543 g/mol. The molecule has 2 aromatic carbocycles. The van der Waals surface area contributed by atoms with Crippen LogP contribution in [-0.4, -0.2) is 80.5 Å². The smallest absolute Gasteiger partial charge is 0.416 e. The molecule has 9 nitrogen and oxygen atoms in total. The first kappa shape index (κ1) is 32.0. The van der Waals surface area contributed by atoms with Crippen molar-refractivity contribution in [3.8, 4) is 5.75 Å². The van der Waals surface area contributed by atoms with Crippen LogP contribution in [0.25, 0.3) is 0 Å². The van der Waals surface area contributed by atoms with Crippen LogP contribution in [0.5, 0.6) is 5.75 Å². The summed E-state index contributed by atoms with van der Waals surface area (Å²) in [5.74, 6) is 0.117. The highest BCUT2D eigenvalue weighted by Crippen LogP contribution is 2.35. The molecule has 0 spiro atoms. The van der Waals surface area contributed by atoms with Crippen LogP contribution in [0, 0.1) is 0 Å². The van der Waals surface area contributed by atoms with E-state index in [1.54, 1.807) is 44.9 Å². The van der Waals surface area contributed by atoms with Gasteiger partial charge in [-0.1, -0.05) is 18.2 Å². The zero-order valence-corrected chi connectivity index (χ0v) is 23.8. The highest BCUT2D eigenvalue weighted by atomic mass is 19.4. The Morgan fingerprint density at radius 3 is 2.22 bits per heavy atom. The maximum absolute atomic E-state index is 13.8. The number of hydrogen-bond donors (Lipinski definition) is 0. The van der Waals surface area contributed by atoms with Gasteiger partial charge in [0.15, 0.2) is 0 Å².